The molecule has 1 atom stereocenters. The van der Waals surface area contributed by atoms with E-state index in [-0.39, 0.29) is 6.54 Å². The van der Waals surface area contributed by atoms with Crippen LogP contribution in [0.15, 0.2) is 10.9 Å². The highest BCUT2D eigenvalue weighted by Crippen LogP contribution is 2.41. The fraction of sp³-hybridized carbons (Fsp3) is 0.636. The van der Waals surface area contributed by atoms with Crippen molar-refractivity contribution >= 4 is 17.3 Å². The largest absolute Gasteiger partial charge is 0.481 e. The zero-order valence-corrected chi connectivity index (χ0v) is 9.87. The summed E-state index contributed by atoms with van der Waals surface area (Å²) in [5, 5.41) is 11.3. The Morgan fingerprint density at radius 1 is 1.69 bits per heavy atom. The Hall–Kier alpha value is -0.940. The first-order valence-corrected chi connectivity index (χ1v) is 6.41. The minimum atomic E-state index is -0.810. The van der Waals surface area contributed by atoms with E-state index >= 15 is 0 Å². The van der Waals surface area contributed by atoms with E-state index in [2.05, 4.69) is 4.98 Å². The second-order valence-corrected chi connectivity index (χ2v) is 5.31. The standard InChI is InChI=1S/C11H16N2O2S/c12-6-11(10(14)15,3-8-1-2-8)4-9-5-16-7-13-9/h5,7-8H,1-4,6,12H2,(H,14,15). The maximum atomic E-state index is 11.4. The molecule has 88 valence electrons. The van der Waals surface area contributed by atoms with Crippen LogP contribution in [0.3, 0.4) is 0 Å². The van der Waals surface area contributed by atoms with Crippen molar-refractivity contribution in [1.82, 2.24) is 4.98 Å². The van der Waals surface area contributed by atoms with Crippen molar-refractivity contribution in [3.63, 3.8) is 0 Å². The van der Waals surface area contributed by atoms with E-state index in [1.165, 1.54) is 11.3 Å². The number of nitrogens with zero attached hydrogens (tertiary/aromatic N) is 1. The lowest BCUT2D eigenvalue weighted by atomic mass is 9.78. The number of hydrogen-bond acceptors (Lipinski definition) is 4. The number of carboxylic acid groups (broad SMARTS) is 1. The van der Waals surface area contributed by atoms with Gasteiger partial charge in [0.05, 0.1) is 16.6 Å². The van der Waals surface area contributed by atoms with Gasteiger partial charge in [-0.1, -0.05) is 12.8 Å². The molecular formula is C11H16N2O2S. The molecule has 16 heavy (non-hydrogen) atoms. The Balaban J connectivity index is 2.14. The third-order valence-electron chi connectivity index (χ3n) is 3.22. The number of aromatic nitrogens is 1. The van der Waals surface area contributed by atoms with Crippen molar-refractivity contribution in [3.05, 3.63) is 16.6 Å². The zero-order chi connectivity index (χ0) is 11.6. The number of thiazole rings is 1. The van der Waals surface area contributed by atoms with Gasteiger partial charge in [0, 0.05) is 18.3 Å². The summed E-state index contributed by atoms with van der Waals surface area (Å²) in [7, 11) is 0. The SMILES string of the molecule is NCC(Cc1cscn1)(CC1CC1)C(=O)O. The van der Waals surface area contributed by atoms with Crippen LogP contribution >= 0.6 is 11.3 Å². The first-order chi connectivity index (χ1) is 7.66. The van der Waals surface area contributed by atoms with Gasteiger partial charge >= 0.3 is 5.97 Å². The van der Waals surface area contributed by atoms with Crippen LogP contribution in [0.4, 0.5) is 0 Å². The first-order valence-electron chi connectivity index (χ1n) is 5.47. The Kier molecular flexibility index (Phi) is 3.25. The van der Waals surface area contributed by atoms with Gasteiger partial charge in [0.1, 0.15) is 0 Å². The van der Waals surface area contributed by atoms with Crippen LogP contribution < -0.4 is 5.73 Å². The molecule has 1 aliphatic carbocycles. The van der Waals surface area contributed by atoms with E-state index < -0.39 is 11.4 Å². The Bertz CT molecular complexity index is 362. The Labute approximate surface area is 98.5 Å². The fourth-order valence-electron chi connectivity index (χ4n) is 2.02. The summed E-state index contributed by atoms with van der Waals surface area (Å²) in [6.07, 6.45) is 3.44. The van der Waals surface area contributed by atoms with Crippen LogP contribution in [0.1, 0.15) is 25.0 Å². The number of carboxylic acids is 1. The second kappa shape index (κ2) is 4.51. The summed E-state index contributed by atoms with van der Waals surface area (Å²) in [4.78, 5) is 15.6. The van der Waals surface area contributed by atoms with E-state index in [1.807, 2.05) is 5.38 Å². The summed E-state index contributed by atoms with van der Waals surface area (Å²) >= 11 is 1.49. The number of hydrogen-bond donors (Lipinski definition) is 2. The molecule has 0 amide bonds. The Morgan fingerprint density at radius 3 is 2.88 bits per heavy atom. The van der Waals surface area contributed by atoms with E-state index in [4.69, 9.17) is 5.73 Å². The summed E-state index contributed by atoms with van der Waals surface area (Å²) in [6.45, 7) is 0.191. The molecule has 1 heterocycles. The van der Waals surface area contributed by atoms with Gasteiger partial charge in [-0.15, -0.1) is 11.3 Å². The molecule has 4 nitrogen and oxygen atoms in total. The van der Waals surface area contributed by atoms with Crippen molar-refractivity contribution in [1.29, 1.82) is 0 Å². The molecule has 2 rings (SSSR count). The van der Waals surface area contributed by atoms with E-state index in [0.717, 1.165) is 18.5 Å². The average Bonchev–Trinajstić information content (AvgIpc) is 2.91. The van der Waals surface area contributed by atoms with Crippen LogP contribution in [0, 0.1) is 11.3 Å². The van der Waals surface area contributed by atoms with Crippen molar-refractivity contribution < 1.29 is 9.90 Å². The number of aliphatic carboxylic acids is 1. The normalized spacial score (nSPS) is 19.3. The molecule has 1 aliphatic rings. The fourth-order valence-corrected chi connectivity index (χ4v) is 2.58. The van der Waals surface area contributed by atoms with Crippen molar-refractivity contribution in [2.45, 2.75) is 25.7 Å². The average molecular weight is 240 g/mol. The molecule has 0 spiro atoms. The maximum Gasteiger partial charge on any atom is 0.311 e. The topological polar surface area (TPSA) is 76.2 Å². The van der Waals surface area contributed by atoms with Crippen LogP contribution in [-0.4, -0.2) is 22.6 Å². The van der Waals surface area contributed by atoms with Gasteiger partial charge in [0.15, 0.2) is 0 Å². The van der Waals surface area contributed by atoms with Crippen LogP contribution in [-0.2, 0) is 11.2 Å². The molecule has 0 aromatic carbocycles. The highest BCUT2D eigenvalue weighted by atomic mass is 32.1. The Morgan fingerprint density at radius 2 is 2.44 bits per heavy atom. The zero-order valence-electron chi connectivity index (χ0n) is 9.06. The lowest BCUT2D eigenvalue weighted by molar-refractivity contribution is -0.149. The molecular weight excluding hydrogens is 224 g/mol. The predicted octanol–water partition coefficient (Wildman–Crippen LogP) is 1.52. The molecule has 1 unspecified atom stereocenters. The summed E-state index contributed by atoms with van der Waals surface area (Å²) in [6, 6.07) is 0. The molecule has 1 saturated carbocycles. The van der Waals surface area contributed by atoms with Crippen molar-refractivity contribution in [2.24, 2.45) is 17.1 Å². The van der Waals surface area contributed by atoms with Crippen LogP contribution in [0.5, 0.6) is 0 Å². The molecule has 0 radical (unpaired) electrons. The van der Waals surface area contributed by atoms with E-state index in [1.54, 1.807) is 5.51 Å². The molecule has 1 aromatic heterocycles. The van der Waals surface area contributed by atoms with Gasteiger partial charge in [-0.25, -0.2) is 4.98 Å². The van der Waals surface area contributed by atoms with Gasteiger partial charge in [-0.3, -0.25) is 4.79 Å². The molecule has 0 bridgehead atoms. The molecule has 5 heteroatoms. The van der Waals surface area contributed by atoms with Gasteiger partial charge in [-0.05, 0) is 12.3 Å². The molecule has 3 N–H and O–H groups in total. The molecule has 1 aromatic rings. The quantitative estimate of drug-likeness (QED) is 0.790. The van der Waals surface area contributed by atoms with Gasteiger partial charge in [0.2, 0.25) is 0 Å². The van der Waals surface area contributed by atoms with Crippen LogP contribution in [0.25, 0.3) is 0 Å². The summed E-state index contributed by atoms with van der Waals surface area (Å²) < 4.78 is 0. The summed E-state index contributed by atoms with van der Waals surface area (Å²) in [5.74, 6) is -0.229. The number of rotatable bonds is 6. The lowest BCUT2D eigenvalue weighted by Crippen LogP contribution is -2.41. The van der Waals surface area contributed by atoms with E-state index in [0.29, 0.717) is 18.8 Å². The predicted molar refractivity (Wildman–Crippen MR) is 62.3 cm³/mol. The van der Waals surface area contributed by atoms with Crippen molar-refractivity contribution in [3.8, 4) is 0 Å². The third kappa shape index (κ3) is 2.41. The smallest absolute Gasteiger partial charge is 0.311 e. The van der Waals surface area contributed by atoms with Gasteiger partial charge in [-0.2, -0.15) is 0 Å². The third-order valence-corrected chi connectivity index (χ3v) is 3.86. The van der Waals surface area contributed by atoms with Crippen molar-refractivity contribution in [2.75, 3.05) is 6.54 Å². The van der Waals surface area contributed by atoms with Gasteiger partial charge in [0.25, 0.3) is 0 Å². The van der Waals surface area contributed by atoms with Crippen LogP contribution in [0.2, 0.25) is 0 Å². The minimum Gasteiger partial charge on any atom is -0.481 e. The lowest BCUT2D eigenvalue weighted by Gasteiger charge is -2.27. The highest BCUT2D eigenvalue weighted by Gasteiger charge is 2.42. The maximum absolute atomic E-state index is 11.4. The number of carbonyl (C=O) groups is 1. The van der Waals surface area contributed by atoms with Gasteiger partial charge < -0.3 is 10.8 Å². The van der Waals surface area contributed by atoms with E-state index in [9.17, 15) is 9.90 Å². The highest BCUT2D eigenvalue weighted by molar-refractivity contribution is 7.07. The molecule has 0 saturated heterocycles. The minimum absolute atomic E-state index is 0.191. The monoisotopic (exact) mass is 240 g/mol. The second-order valence-electron chi connectivity index (χ2n) is 4.59. The summed E-state index contributed by atoms with van der Waals surface area (Å²) in [5.41, 5.74) is 7.46. The molecule has 1 fully saturated rings. The number of nitrogens with two attached hydrogens (primary N) is 1. The first kappa shape index (κ1) is 11.5. The molecule has 0 aliphatic heterocycles.